The molecule has 0 unspecified atom stereocenters. The molecule has 0 N–H and O–H groups in total. The number of esters is 1. The van der Waals surface area contributed by atoms with Crippen molar-refractivity contribution in [1.82, 2.24) is 4.31 Å². The Bertz CT molecular complexity index is 464. The lowest BCUT2D eigenvalue weighted by atomic mass is 10.1. The van der Waals surface area contributed by atoms with E-state index in [0.29, 0.717) is 12.8 Å². The summed E-state index contributed by atoms with van der Waals surface area (Å²) in [5.74, 6) is -1.16. The minimum absolute atomic E-state index is 0.0545. The molecule has 0 amide bonds. The zero-order valence-corrected chi connectivity index (χ0v) is 12.8. The third kappa shape index (κ3) is 4.57. The average molecular weight is 331 g/mol. The van der Waals surface area contributed by atoms with E-state index in [1.54, 1.807) is 6.92 Å². The van der Waals surface area contributed by atoms with E-state index in [1.165, 1.54) is 6.92 Å². The minimum Gasteiger partial charge on any atom is -0.466 e. The van der Waals surface area contributed by atoms with Crippen molar-refractivity contribution in [2.45, 2.75) is 57.0 Å². The first-order valence-electron chi connectivity index (χ1n) is 6.83. The molecule has 0 spiro atoms. The number of carbonyl (C=O) groups is 1. The number of hydrogen-bond acceptors (Lipinski definition) is 4. The fourth-order valence-electron chi connectivity index (χ4n) is 2.37. The van der Waals surface area contributed by atoms with Crippen LogP contribution < -0.4 is 0 Å². The number of alkyl halides is 3. The summed E-state index contributed by atoms with van der Waals surface area (Å²) in [7, 11) is -4.64. The van der Waals surface area contributed by atoms with E-state index in [0.717, 1.165) is 10.7 Å². The van der Waals surface area contributed by atoms with Gasteiger partial charge in [-0.3, -0.25) is 4.79 Å². The van der Waals surface area contributed by atoms with E-state index in [2.05, 4.69) is 4.74 Å². The molecule has 0 bridgehead atoms. The molecule has 0 radical (unpaired) electrons. The lowest BCUT2D eigenvalue weighted by molar-refractivity contribution is -0.155. The Balaban J connectivity index is 3.03. The standard InChI is InChI=1S/C12H20F3NO4S/c1-3-20-11(17)8-10(12(13,14)15)21(18,19)16-7-5-4-6-9(16)2/h9-10H,3-8H2,1-2H3/t9-,10+/m0/s1. The zero-order valence-electron chi connectivity index (χ0n) is 12.0. The molecule has 1 fully saturated rings. The zero-order chi connectivity index (χ0) is 16.3. The predicted octanol–water partition coefficient (Wildman–Crippen LogP) is 2.07. The van der Waals surface area contributed by atoms with Crippen LogP contribution in [-0.2, 0) is 19.6 Å². The van der Waals surface area contributed by atoms with E-state index < -0.39 is 39.9 Å². The van der Waals surface area contributed by atoms with E-state index >= 15 is 0 Å². The quantitative estimate of drug-likeness (QED) is 0.724. The molecule has 1 heterocycles. The minimum atomic E-state index is -5.01. The van der Waals surface area contributed by atoms with Gasteiger partial charge in [0.25, 0.3) is 0 Å². The third-order valence-corrected chi connectivity index (χ3v) is 5.80. The SMILES string of the molecule is CCOC(=O)C[C@H](C(F)(F)F)S(=O)(=O)N1CCCC[C@@H]1C. The van der Waals surface area contributed by atoms with Crippen LogP contribution in [0.1, 0.15) is 39.5 Å². The van der Waals surface area contributed by atoms with Gasteiger partial charge in [-0.05, 0) is 26.7 Å². The normalized spacial score (nSPS) is 22.8. The van der Waals surface area contributed by atoms with Gasteiger partial charge in [-0.25, -0.2) is 8.42 Å². The highest BCUT2D eigenvalue weighted by Gasteiger charge is 2.53. The highest BCUT2D eigenvalue weighted by Crippen LogP contribution is 2.33. The monoisotopic (exact) mass is 331 g/mol. The molecule has 21 heavy (non-hydrogen) atoms. The molecule has 1 aliphatic rings. The Labute approximate surface area is 122 Å². The molecular weight excluding hydrogens is 311 g/mol. The molecule has 0 saturated carbocycles. The summed E-state index contributed by atoms with van der Waals surface area (Å²) in [6.07, 6.45) is -4.40. The van der Waals surface area contributed by atoms with Crippen molar-refractivity contribution in [3.63, 3.8) is 0 Å². The molecular formula is C12H20F3NO4S. The number of sulfonamides is 1. The summed E-state index contributed by atoms with van der Waals surface area (Å²) in [5.41, 5.74) is 0. The Hall–Kier alpha value is -0.830. The van der Waals surface area contributed by atoms with Crippen LogP contribution in [0.3, 0.4) is 0 Å². The van der Waals surface area contributed by atoms with Crippen LogP contribution in [0.25, 0.3) is 0 Å². The number of carbonyl (C=O) groups excluding carboxylic acids is 1. The number of nitrogens with zero attached hydrogens (tertiary/aromatic N) is 1. The summed E-state index contributed by atoms with van der Waals surface area (Å²) < 4.78 is 69.1. The lowest BCUT2D eigenvalue weighted by Gasteiger charge is -2.35. The van der Waals surface area contributed by atoms with Crippen molar-refractivity contribution in [2.75, 3.05) is 13.2 Å². The first-order chi connectivity index (χ1) is 9.60. The van der Waals surface area contributed by atoms with E-state index in [1.807, 2.05) is 0 Å². The first-order valence-corrected chi connectivity index (χ1v) is 8.34. The van der Waals surface area contributed by atoms with Gasteiger partial charge in [0.15, 0.2) is 5.25 Å². The van der Waals surface area contributed by atoms with Gasteiger partial charge < -0.3 is 4.74 Å². The van der Waals surface area contributed by atoms with Gasteiger partial charge >= 0.3 is 12.1 Å². The molecule has 0 aromatic carbocycles. The van der Waals surface area contributed by atoms with Crippen molar-refractivity contribution < 1.29 is 31.1 Å². The van der Waals surface area contributed by atoms with Crippen LogP contribution in [0.4, 0.5) is 13.2 Å². The number of hydrogen-bond donors (Lipinski definition) is 0. The summed E-state index contributed by atoms with van der Waals surface area (Å²) >= 11 is 0. The van der Waals surface area contributed by atoms with Gasteiger partial charge in [-0.2, -0.15) is 17.5 Å². The first kappa shape index (κ1) is 18.2. The second kappa shape index (κ2) is 6.95. The maximum absolute atomic E-state index is 13.1. The number of ether oxygens (including phenoxy) is 1. The van der Waals surface area contributed by atoms with Crippen LogP contribution in [0.15, 0.2) is 0 Å². The van der Waals surface area contributed by atoms with Gasteiger partial charge in [0.05, 0.1) is 13.0 Å². The van der Waals surface area contributed by atoms with Crippen LogP contribution in [-0.4, -0.2) is 49.3 Å². The van der Waals surface area contributed by atoms with Crippen molar-refractivity contribution in [3.05, 3.63) is 0 Å². The molecule has 0 aliphatic carbocycles. The van der Waals surface area contributed by atoms with Crippen LogP contribution in [0.2, 0.25) is 0 Å². The molecule has 1 rings (SSSR count). The molecule has 1 aliphatic heterocycles. The van der Waals surface area contributed by atoms with Gasteiger partial charge in [-0.15, -0.1) is 0 Å². The topological polar surface area (TPSA) is 63.7 Å². The number of piperidine rings is 1. The second-order valence-corrected chi connectivity index (χ2v) is 7.11. The van der Waals surface area contributed by atoms with Gasteiger partial charge in [-0.1, -0.05) is 6.42 Å². The van der Waals surface area contributed by atoms with Gasteiger partial charge in [0, 0.05) is 12.6 Å². The Morgan fingerprint density at radius 2 is 2.00 bits per heavy atom. The average Bonchev–Trinajstić information content (AvgIpc) is 2.35. The highest BCUT2D eigenvalue weighted by molar-refractivity contribution is 7.89. The molecule has 9 heteroatoms. The number of halogens is 3. The van der Waals surface area contributed by atoms with Crippen molar-refractivity contribution in [2.24, 2.45) is 0 Å². The Morgan fingerprint density at radius 3 is 2.48 bits per heavy atom. The molecule has 0 aromatic heterocycles. The van der Waals surface area contributed by atoms with Crippen LogP contribution >= 0.6 is 0 Å². The van der Waals surface area contributed by atoms with Crippen LogP contribution in [0.5, 0.6) is 0 Å². The van der Waals surface area contributed by atoms with Crippen molar-refractivity contribution >= 4 is 16.0 Å². The molecule has 5 nitrogen and oxygen atoms in total. The highest BCUT2D eigenvalue weighted by atomic mass is 32.2. The van der Waals surface area contributed by atoms with E-state index in [9.17, 15) is 26.4 Å². The fourth-order valence-corrected chi connectivity index (χ4v) is 4.38. The molecule has 1 saturated heterocycles. The van der Waals surface area contributed by atoms with Crippen molar-refractivity contribution in [3.8, 4) is 0 Å². The third-order valence-electron chi connectivity index (χ3n) is 3.45. The Morgan fingerprint density at radius 1 is 1.38 bits per heavy atom. The summed E-state index contributed by atoms with van der Waals surface area (Å²) in [5, 5.41) is -2.75. The van der Waals surface area contributed by atoms with Crippen LogP contribution in [0, 0.1) is 0 Å². The van der Waals surface area contributed by atoms with Gasteiger partial charge in [0.1, 0.15) is 0 Å². The second-order valence-electron chi connectivity index (χ2n) is 5.04. The summed E-state index contributed by atoms with van der Waals surface area (Å²) in [6.45, 7) is 2.98. The predicted molar refractivity (Wildman–Crippen MR) is 70.0 cm³/mol. The van der Waals surface area contributed by atoms with Gasteiger partial charge in [0.2, 0.25) is 10.0 Å². The smallest absolute Gasteiger partial charge is 0.407 e. The van der Waals surface area contributed by atoms with Crippen molar-refractivity contribution in [1.29, 1.82) is 0 Å². The van der Waals surface area contributed by atoms with E-state index in [4.69, 9.17) is 0 Å². The molecule has 2 atom stereocenters. The molecule has 0 aromatic rings. The number of rotatable bonds is 5. The summed E-state index contributed by atoms with van der Waals surface area (Å²) in [4.78, 5) is 11.3. The fraction of sp³-hybridized carbons (Fsp3) is 0.917. The maximum atomic E-state index is 13.1. The lowest BCUT2D eigenvalue weighted by Crippen LogP contribution is -2.51. The molecule has 124 valence electrons. The Kier molecular flexibility index (Phi) is 6.03. The largest absolute Gasteiger partial charge is 0.466 e. The summed E-state index contributed by atoms with van der Waals surface area (Å²) in [6, 6.07) is -0.490. The van der Waals surface area contributed by atoms with E-state index in [-0.39, 0.29) is 13.2 Å². The maximum Gasteiger partial charge on any atom is 0.407 e.